The third kappa shape index (κ3) is 7.34. The Kier molecular flexibility index (Phi) is 10.3. The summed E-state index contributed by atoms with van der Waals surface area (Å²) < 4.78 is 22.5. The van der Waals surface area contributed by atoms with Gasteiger partial charge in [0.05, 0.1) is 0 Å². The minimum Gasteiger partial charge on any atom is -0.796 e. The Hall–Kier alpha value is -0.414. The summed E-state index contributed by atoms with van der Waals surface area (Å²) in [5.41, 5.74) is 0. The average Bonchev–Trinajstić information content (AvgIpc) is 2.57. The van der Waals surface area contributed by atoms with Crippen LogP contribution < -0.4 is 20.4 Å². The summed E-state index contributed by atoms with van der Waals surface area (Å²) >= 11 is 0. The van der Waals surface area contributed by atoms with Gasteiger partial charge in [0.1, 0.15) is 0 Å². The predicted octanol–water partition coefficient (Wildman–Crippen LogP) is 1.56. The monoisotopic (exact) mass is 362 g/mol. The maximum absolute atomic E-state index is 11.2. The molecular weight excluding hydrogens is 342 g/mol. The second-order valence-electron chi connectivity index (χ2n) is 4.65. The fourth-order valence-corrected chi connectivity index (χ4v) is 3.66. The maximum atomic E-state index is 11.2. The number of hydrogen-bond donors (Lipinski definition) is 0. The zero-order chi connectivity index (χ0) is 16.6. The molecule has 0 aromatic heterocycles. The van der Waals surface area contributed by atoms with E-state index in [1.54, 1.807) is 74.5 Å². The van der Waals surface area contributed by atoms with E-state index < -0.39 is 14.7 Å². The molecule has 0 N–H and O–H groups in total. The van der Waals surface area contributed by atoms with Gasteiger partial charge in [-0.05, 0) is 22.9 Å². The van der Waals surface area contributed by atoms with E-state index in [1.165, 1.54) is 0 Å². The van der Waals surface area contributed by atoms with Crippen LogP contribution in [0.15, 0.2) is 60.7 Å². The molecule has 0 amide bonds. The molecule has 2 rings (SSSR count). The van der Waals surface area contributed by atoms with Gasteiger partial charge < -0.3 is 18.9 Å². The SMILES string of the molecule is CCP(=O)([O-])c1ccccc1.CCP(=O)([O-])c1ccccc1.[Mg+2]. The van der Waals surface area contributed by atoms with Crippen molar-refractivity contribution in [2.75, 3.05) is 12.3 Å². The average molecular weight is 363 g/mol. The molecule has 0 saturated heterocycles. The molecule has 2 aromatic rings. The van der Waals surface area contributed by atoms with Gasteiger partial charge in [-0.15, -0.1) is 0 Å². The van der Waals surface area contributed by atoms with Crippen molar-refractivity contribution < 1.29 is 18.9 Å². The van der Waals surface area contributed by atoms with Crippen LogP contribution >= 0.6 is 14.7 Å². The van der Waals surface area contributed by atoms with Crippen LogP contribution in [0.1, 0.15) is 13.8 Å². The number of hydrogen-bond acceptors (Lipinski definition) is 4. The summed E-state index contributed by atoms with van der Waals surface area (Å²) in [5, 5.41) is 0.866. The molecule has 7 heteroatoms. The normalized spacial score (nSPS) is 15.1. The predicted molar refractivity (Wildman–Crippen MR) is 94.2 cm³/mol. The van der Waals surface area contributed by atoms with Crippen LogP contribution in [0.2, 0.25) is 0 Å². The first-order valence-electron chi connectivity index (χ1n) is 7.05. The molecule has 2 unspecified atom stereocenters. The Balaban J connectivity index is 0.000000403. The first-order chi connectivity index (χ1) is 10.3. The van der Waals surface area contributed by atoms with Gasteiger partial charge >= 0.3 is 23.1 Å². The number of benzene rings is 2. The topological polar surface area (TPSA) is 80.3 Å². The molecule has 0 saturated carbocycles. The summed E-state index contributed by atoms with van der Waals surface area (Å²) in [5.74, 6) is 0. The summed E-state index contributed by atoms with van der Waals surface area (Å²) in [6, 6.07) is 17.0. The zero-order valence-corrected chi connectivity index (χ0v) is 16.6. The van der Waals surface area contributed by atoms with Gasteiger partial charge in [-0.3, -0.25) is 0 Å². The van der Waals surface area contributed by atoms with Crippen molar-refractivity contribution in [1.29, 1.82) is 0 Å². The van der Waals surface area contributed by atoms with Crippen molar-refractivity contribution in [3.8, 4) is 0 Å². The summed E-state index contributed by atoms with van der Waals surface area (Å²) in [6.07, 6.45) is 0.383. The Morgan fingerprint density at radius 3 is 1.17 bits per heavy atom. The second-order valence-corrected chi connectivity index (χ2v) is 9.64. The van der Waals surface area contributed by atoms with Crippen molar-refractivity contribution >= 4 is 48.4 Å². The third-order valence-corrected chi connectivity index (χ3v) is 6.97. The molecule has 120 valence electrons. The molecular formula is C16H20MgO4P2. The minimum absolute atomic E-state index is 0. The van der Waals surface area contributed by atoms with E-state index in [1.807, 2.05) is 0 Å². The molecule has 0 heterocycles. The van der Waals surface area contributed by atoms with Crippen molar-refractivity contribution in [1.82, 2.24) is 0 Å². The maximum Gasteiger partial charge on any atom is 2.00 e. The fourth-order valence-electron chi connectivity index (χ4n) is 1.68. The van der Waals surface area contributed by atoms with Crippen LogP contribution in [0.3, 0.4) is 0 Å². The smallest absolute Gasteiger partial charge is 0.796 e. The van der Waals surface area contributed by atoms with E-state index in [9.17, 15) is 18.9 Å². The third-order valence-electron chi connectivity index (χ3n) is 3.13. The van der Waals surface area contributed by atoms with Crippen LogP contribution in [0.25, 0.3) is 0 Å². The van der Waals surface area contributed by atoms with Gasteiger partial charge in [-0.2, -0.15) is 0 Å². The van der Waals surface area contributed by atoms with E-state index in [0.717, 1.165) is 0 Å². The Labute approximate surface area is 154 Å². The van der Waals surface area contributed by atoms with Gasteiger partial charge in [-0.25, -0.2) is 0 Å². The first kappa shape index (κ1) is 22.6. The van der Waals surface area contributed by atoms with E-state index in [2.05, 4.69) is 0 Å². The van der Waals surface area contributed by atoms with Crippen LogP contribution in [-0.2, 0) is 9.13 Å². The van der Waals surface area contributed by atoms with Gasteiger partial charge in [0, 0.05) is 14.7 Å². The molecule has 0 spiro atoms. The Morgan fingerprint density at radius 1 is 0.696 bits per heavy atom. The first-order valence-corrected chi connectivity index (χ1v) is 10.7. The summed E-state index contributed by atoms with van der Waals surface area (Å²) in [6.45, 7) is 3.31. The molecule has 0 fully saturated rings. The van der Waals surface area contributed by atoms with E-state index in [4.69, 9.17) is 0 Å². The van der Waals surface area contributed by atoms with Crippen LogP contribution in [0.4, 0.5) is 0 Å². The Morgan fingerprint density at radius 2 is 0.957 bits per heavy atom. The molecule has 0 bridgehead atoms. The second kappa shape index (κ2) is 10.5. The zero-order valence-electron chi connectivity index (χ0n) is 13.4. The molecule has 0 aliphatic carbocycles. The molecule has 2 atom stereocenters. The van der Waals surface area contributed by atoms with E-state index in [-0.39, 0.29) is 35.4 Å². The van der Waals surface area contributed by atoms with E-state index >= 15 is 0 Å². The Bertz CT molecular complexity index is 603. The number of rotatable bonds is 4. The largest absolute Gasteiger partial charge is 2.00 e. The molecule has 23 heavy (non-hydrogen) atoms. The standard InChI is InChI=1S/2C8H11O2P.Mg/c2*1-2-11(9,10)8-6-4-3-5-7-8;/h2*3-7H,2H2,1H3,(H,9,10);/q;;+2/p-2. The van der Waals surface area contributed by atoms with Gasteiger partial charge in [0.25, 0.3) is 0 Å². The molecule has 4 nitrogen and oxygen atoms in total. The minimum atomic E-state index is -3.28. The van der Waals surface area contributed by atoms with Crippen LogP contribution in [0, 0.1) is 0 Å². The van der Waals surface area contributed by atoms with Crippen molar-refractivity contribution in [2.24, 2.45) is 0 Å². The van der Waals surface area contributed by atoms with Crippen LogP contribution in [-0.4, -0.2) is 35.4 Å². The molecule has 2 aromatic carbocycles. The summed E-state index contributed by atoms with van der Waals surface area (Å²) in [4.78, 5) is 22.5. The van der Waals surface area contributed by atoms with Crippen molar-refractivity contribution in [3.63, 3.8) is 0 Å². The van der Waals surface area contributed by atoms with Gasteiger partial charge in [0.15, 0.2) is 0 Å². The molecule has 0 aliphatic heterocycles. The van der Waals surface area contributed by atoms with Gasteiger partial charge in [0.2, 0.25) is 0 Å². The van der Waals surface area contributed by atoms with Crippen LogP contribution in [0.5, 0.6) is 0 Å². The van der Waals surface area contributed by atoms with Crippen molar-refractivity contribution in [3.05, 3.63) is 60.7 Å². The van der Waals surface area contributed by atoms with E-state index in [0.29, 0.717) is 10.6 Å². The quantitative estimate of drug-likeness (QED) is 0.610. The molecule has 0 radical (unpaired) electrons. The summed E-state index contributed by atoms with van der Waals surface area (Å²) in [7, 11) is -6.55. The molecule has 0 aliphatic rings. The van der Waals surface area contributed by atoms with Gasteiger partial charge in [-0.1, -0.05) is 74.5 Å². The van der Waals surface area contributed by atoms with Crippen molar-refractivity contribution in [2.45, 2.75) is 13.8 Å². The fraction of sp³-hybridized carbons (Fsp3) is 0.250.